The van der Waals surface area contributed by atoms with E-state index in [1.165, 1.54) is 12.1 Å². The molecule has 0 aliphatic heterocycles. The molecular weight excluding hydrogens is 331 g/mol. The molecule has 0 radical (unpaired) electrons. The molecule has 2 aromatic carbocycles. The van der Waals surface area contributed by atoms with E-state index in [1.54, 1.807) is 37.3 Å². The Morgan fingerprint density at radius 2 is 1.88 bits per heavy atom. The fraction of sp³-hybridized carbons (Fsp3) is 0.111. The SMILES string of the molecule is C/C(=N\OCc1cc(-c2ccc(Cl)cc2)no1)c1ccc(F)cc1. The van der Waals surface area contributed by atoms with E-state index in [2.05, 4.69) is 10.3 Å². The van der Waals surface area contributed by atoms with Gasteiger partial charge in [-0.1, -0.05) is 46.2 Å². The van der Waals surface area contributed by atoms with Gasteiger partial charge in [0, 0.05) is 16.7 Å². The van der Waals surface area contributed by atoms with E-state index in [-0.39, 0.29) is 12.4 Å². The van der Waals surface area contributed by atoms with Crippen LogP contribution >= 0.6 is 11.6 Å². The minimum absolute atomic E-state index is 0.152. The first kappa shape index (κ1) is 16.2. The first-order valence-electron chi connectivity index (χ1n) is 7.26. The van der Waals surface area contributed by atoms with Crippen molar-refractivity contribution in [3.8, 4) is 11.3 Å². The van der Waals surface area contributed by atoms with Crippen molar-refractivity contribution in [3.63, 3.8) is 0 Å². The molecule has 0 N–H and O–H groups in total. The van der Waals surface area contributed by atoms with Crippen molar-refractivity contribution >= 4 is 17.3 Å². The third kappa shape index (κ3) is 4.00. The lowest BCUT2D eigenvalue weighted by Gasteiger charge is -2.00. The van der Waals surface area contributed by atoms with Crippen molar-refractivity contribution in [1.29, 1.82) is 0 Å². The predicted octanol–water partition coefficient (Wildman–Crippen LogP) is 5.07. The molecule has 0 atom stereocenters. The predicted molar refractivity (Wildman–Crippen MR) is 90.3 cm³/mol. The maximum absolute atomic E-state index is 12.9. The molecule has 1 heterocycles. The van der Waals surface area contributed by atoms with Crippen LogP contribution < -0.4 is 0 Å². The summed E-state index contributed by atoms with van der Waals surface area (Å²) in [4.78, 5) is 5.27. The molecule has 3 rings (SSSR count). The van der Waals surface area contributed by atoms with E-state index >= 15 is 0 Å². The summed E-state index contributed by atoms with van der Waals surface area (Å²) < 4.78 is 18.1. The molecule has 0 aliphatic rings. The minimum atomic E-state index is -0.288. The summed E-state index contributed by atoms with van der Waals surface area (Å²) in [5, 5.41) is 8.66. The lowest BCUT2D eigenvalue weighted by Crippen LogP contribution is -1.96. The fourth-order valence-corrected chi connectivity index (χ4v) is 2.20. The van der Waals surface area contributed by atoms with Gasteiger partial charge in [0.15, 0.2) is 12.4 Å². The van der Waals surface area contributed by atoms with Crippen LogP contribution in [0.3, 0.4) is 0 Å². The highest BCUT2D eigenvalue weighted by atomic mass is 35.5. The Bertz CT molecular complexity index is 842. The van der Waals surface area contributed by atoms with Crippen molar-refractivity contribution in [3.05, 3.63) is 76.8 Å². The van der Waals surface area contributed by atoms with E-state index < -0.39 is 0 Å². The molecule has 0 spiro atoms. The van der Waals surface area contributed by atoms with Crippen LogP contribution in [-0.4, -0.2) is 10.9 Å². The number of rotatable bonds is 5. The van der Waals surface area contributed by atoms with Gasteiger partial charge in [0.1, 0.15) is 11.5 Å². The van der Waals surface area contributed by atoms with Gasteiger partial charge in [-0.2, -0.15) is 0 Å². The lowest BCUT2D eigenvalue weighted by atomic mass is 10.1. The minimum Gasteiger partial charge on any atom is -0.387 e. The van der Waals surface area contributed by atoms with Gasteiger partial charge < -0.3 is 9.36 Å². The summed E-state index contributed by atoms with van der Waals surface area (Å²) in [6.07, 6.45) is 0. The van der Waals surface area contributed by atoms with Gasteiger partial charge in [0.25, 0.3) is 0 Å². The quantitative estimate of drug-likeness (QED) is 0.479. The number of hydrogen-bond acceptors (Lipinski definition) is 4. The van der Waals surface area contributed by atoms with Gasteiger partial charge in [-0.05, 0) is 36.8 Å². The Morgan fingerprint density at radius 3 is 2.58 bits per heavy atom. The normalized spacial score (nSPS) is 11.5. The van der Waals surface area contributed by atoms with Crippen molar-refractivity contribution in [1.82, 2.24) is 5.16 Å². The standard InChI is InChI=1S/C18H14ClFN2O2/c1-12(13-4-8-16(20)9-5-13)21-23-11-17-10-18(22-24-17)14-2-6-15(19)7-3-14/h2-10H,11H2,1H3/b21-12+. The second-order valence-electron chi connectivity index (χ2n) is 5.14. The molecule has 0 unspecified atom stereocenters. The number of hydrogen-bond donors (Lipinski definition) is 0. The summed E-state index contributed by atoms with van der Waals surface area (Å²) in [7, 11) is 0. The molecule has 122 valence electrons. The first-order chi connectivity index (χ1) is 11.6. The molecule has 24 heavy (non-hydrogen) atoms. The molecule has 0 saturated carbocycles. The average molecular weight is 345 g/mol. The number of nitrogens with zero attached hydrogens (tertiary/aromatic N) is 2. The largest absolute Gasteiger partial charge is 0.387 e. The van der Waals surface area contributed by atoms with Crippen LogP contribution in [-0.2, 0) is 11.4 Å². The second kappa shape index (κ2) is 7.27. The van der Waals surface area contributed by atoms with Crippen molar-refractivity contribution in [2.24, 2.45) is 5.16 Å². The zero-order valence-electron chi connectivity index (χ0n) is 12.9. The Balaban J connectivity index is 1.62. The summed E-state index contributed by atoms with van der Waals surface area (Å²) in [6.45, 7) is 1.94. The summed E-state index contributed by atoms with van der Waals surface area (Å²) in [5.41, 5.74) is 3.04. The smallest absolute Gasteiger partial charge is 0.177 e. The molecule has 0 bridgehead atoms. The van der Waals surface area contributed by atoms with Gasteiger partial charge in [-0.25, -0.2) is 4.39 Å². The van der Waals surface area contributed by atoms with E-state index in [0.717, 1.165) is 11.1 Å². The zero-order chi connectivity index (χ0) is 16.9. The summed E-state index contributed by atoms with van der Waals surface area (Å²) in [6, 6.07) is 15.1. The molecule has 3 aromatic rings. The Labute approximate surface area is 143 Å². The fourth-order valence-electron chi connectivity index (χ4n) is 2.07. The molecule has 0 fully saturated rings. The van der Waals surface area contributed by atoms with E-state index in [9.17, 15) is 4.39 Å². The van der Waals surface area contributed by atoms with Crippen molar-refractivity contribution in [2.75, 3.05) is 0 Å². The van der Waals surface area contributed by atoms with Crippen LogP contribution in [0.2, 0.25) is 5.02 Å². The lowest BCUT2D eigenvalue weighted by molar-refractivity contribution is 0.109. The zero-order valence-corrected chi connectivity index (χ0v) is 13.6. The van der Waals surface area contributed by atoms with E-state index in [0.29, 0.717) is 22.2 Å². The van der Waals surface area contributed by atoms with Gasteiger partial charge in [0.05, 0.1) is 5.71 Å². The highest BCUT2D eigenvalue weighted by molar-refractivity contribution is 6.30. The van der Waals surface area contributed by atoms with Crippen molar-refractivity contribution < 1.29 is 13.8 Å². The van der Waals surface area contributed by atoms with E-state index in [4.69, 9.17) is 21.0 Å². The average Bonchev–Trinajstić information content (AvgIpc) is 3.05. The molecular formula is C18H14ClFN2O2. The van der Waals surface area contributed by atoms with Crippen LogP contribution in [0.4, 0.5) is 4.39 Å². The van der Waals surface area contributed by atoms with E-state index in [1.807, 2.05) is 12.1 Å². The van der Waals surface area contributed by atoms with Crippen LogP contribution in [0, 0.1) is 5.82 Å². The molecule has 4 nitrogen and oxygen atoms in total. The van der Waals surface area contributed by atoms with Crippen LogP contribution in [0.15, 0.2) is 64.3 Å². The molecule has 0 aliphatic carbocycles. The Morgan fingerprint density at radius 1 is 1.17 bits per heavy atom. The van der Waals surface area contributed by atoms with Gasteiger partial charge in [0.2, 0.25) is 0 Å². The highest BCUT2D eigenvalue weighted by Gasteiger charge is 2.07. The third-order valence-electron chi connectivity index (χ3n) is 3.37. The second-order valence-corrected chi connectivity index (χ2v) is 5.58. The van der Waals surface area contributed by atoms with Crippen LogP contribution in [0.25, 0.3) is 11.3 Å². The van der Waals surface area contributed by atoms with Crippen molar-refractivity contribution in [2.45, 2.75) is 13.5 Å². The molecule has 0 saturated heterocycles. The summed E-state index contributed by atoms with van der Waals surface area (Å²) >= 11 is 5.86. The van der Waals surface area contributed by atoms with Gasteiger partial charge >= 0.3 is 0 Å². The van der Waals surface area contributed by atoms with Gasteiger partial charge in [-0.15, -0.1) is 0 Å². The maximum atomic E-state index is 12.9. The summed E-state index contributed by atoms with van der Waals surface area (Å²) in [5.74, 6) is 0.263. The number of benzene rings is 2. The molecule has 0 amide bonds. The monoisotopic (exact) mass is 344 g/mol. The highest BCUT2D eigenvalue weighted by Crippen LogP contribution is 2.21. The molecule has 1 aromatic heterocycles. The Hall–Kier alpha value is -2.66. The number of oxime groups is 1. The Kier molecular flexibility index (Phi) is 4.91. The van der Waals surface area contributed by atoms with Crippen LogP contribution in [0.5, 0.6) is 0 Å². The number of aromatic nitrogens is 1. The van der Waals surface area contributed by atoms with Gasteiger partial charge in [-0.3, -0.25) is 0 Å². The third-order valence-corrected chi connectivity index (χ3v) is 3.62. The number of halogens is 2. The first-order valence-corrected chi connectivity index (χ1v) is 7.63. The topological polar surface area (TPSA) is 47.6 Å². The van der Waals surface area contributed by atoms with Crippen LogP contribution in [0.1, 0.15) is 18.2 Å². The maximum Gasteiger partial charge on any atom is 0.177 e. The molecule has 6 heteroatoms.